The highest BCUT2D eigenvalue weighted by molar-refractivity contribution is 9.10. The maximum atomic E-state index is 12.4. The summed E-state index contributed by atoms with van der Waals surface area (Å²) in [6, 6.07) is 10.8. The predicted molar refractivity (Wildman–Crippen MR) is 87.3 cm³/mol. The summed E-state index contributed by atoms with van der Waals surface area (Å²) in [7, 11) is 1.60. The number of benzene rings is 2. The van der Waals surface area contributed by atoms with Crippen molar-refractivity contribution in [3.05, 3.63) is 56.5 Å². The minimum absolute atomic E-state index is 0.00173. The Labute approximate surface area is 134 Å². The number of Topliss-reactive ketones (excluding diaryl/α,β-unsaturated/α-hetero) is 1. The van der Waals surface area contributed by atoms with Gasteiger partial charge in [0.2, 0.25) is 0 Å². The van der Waals surface area contributed by atoms with Gasteiger partial charge in [-0.25, -0.2) is 0 Å². The maximum Gasteiger partial charge on any atom is 0.168 e. The van der Waals surface area contributed by atoms with Crippen molar-refractivity contribution in [3.63, 3.8) is 0 Å². The third-order valence-corrected chi connectivity index (χ3v) is 4.36. The van der Waals surface area contributed by atoms with Crippen LogP contribution in [-0.2, 0) is 6.42 Å². The molecule has 0 aromatic heterocycles. The number of ether oxygens (including phenoxy) is 1. The van der Waals surface area contributed by atoms with Crippen LogP contribution in [0, 0.1) is 0 Å². The largest absolute Gasteiger partial charge is 0.497 e. The number of hydrogen-bond donors (Lipinski definition) is 1. The Hall–Kier alpha value is -1.33. The zero-order valence-electron chi connectivity index (χ0n) is 10.8. The van der Waals surface area contributed by atoms with Crippen molar-refractivity contribution in [2.24, 2.45) is 0 Å². The maximum absolute atomic E-state index is 12.4. The Morgan fingerprint density at radius 1 is 1.15 bits per heavy atom. The molecule has 2 rings (SSSR count). The molecule has 3 nitrogen and oxygen atoms in total. The second-order valence-electron chi connectivity index (χ2n) is 4.30. The summed E-state index contributed by atoms with van der Waals surface area (Å²) in [6.45, 7) is 0. The summed E-state index contributed by atoms with van der Waals surface area (Å²) < 4.78 is 6.81. The number of nitrogen functional groups attached to an aromatic ring is 1. The van der Waals surface area contributed by atoms with Crippen LogP contribution >= 0.6 is 31.9 Å². The van der Waals surface area contributed by atoms with E-state index in [1.807, 2.05) is 18.2 Å². The molecular formula is C15H13Br2NO2. The van der Waals surface area contributed by atoms with E-state index in [1.54, 1.807) is 25.3 Å². The van der Waals surface area contributed by atoms with Gasteiger partial charge in [-0.3, -0.25) is 4.79 Å². The van der Waals surface area contributed by atoms with E-state index in [4.69, 9.17) is 10.5 Å². The second-order valence-corrected chi connectivity index (χ2v) is 6.01. The van der Waals surface area contributed by atoms with Crippen LogP contribution in [0.4, 0.5) is 5.69 Å². The van der Waals surface area contributed by atoms with E-state index in [-0.39, 0.29) is 12.2 Å². The van der Waals surface area contributed by atoms with Crippen LogP contribution in [-0.4, -0.2) is 12.9 Å². The first kappa shape index (κ1) is 15.1. The summed E-state index contributed by atoms with van der Waals surface area (Å²) >= 11 is 6.83. The number of hydrogen-bond acceptors (Lipinski definition) is 3. The number of rotatable bonds is 4. The average Bonchev–Trinajstić information content (AvgIpc) is 2.43. The molecule has 0 radical (unpaired) electrons. The molecule has 0 bridgehead atoms. The summed E-state index contributed by atoms with van der Waals surface area (Å²) in [4.78, 5) is 12.4. The second kappa shape index (κ2) is 6.41. The molecule has 0 spiro atoms. The quantitative estimate of drug-likeness (QED) is 0.619. The highest BCUT2D eigenvalue weighted by Crippen LogP contribution is 2.26. The van der Waals surface area contributed by atoms with E-state index in [0.29, 0.717) is 11.3 Å². The van der Waals surface area contributed by atoms with E-state index in [1.165, 1.54) is 0 Å². The van der Waals surface area contributed by atoms with Gasteiger partial charge in [-0.1, -0.05) is 31.9 Å². The van der Waals surface area contributed by atoms with Gasteiger partial charge in [0.05, 0.1) is 7.11 Å². The minimum atomic E-state index is -0.00173. The molecule has 0 atom stereocenters. The first-order chi connectivity index (χ1) is 9.51. The van der Waals surface area contributed by atoms with Gasteiger partial charge in [0, 0.05) is 26.6 Å². The lowest BCUT2D eigenvalue weighted by atomic mass is 10.0. The molecule has 0 unspecified atom stereocenters. The fraction of sp³-hybridized carbons (Fsp3) is 0.133. The molecule has 0 aliphatic rings. The normalized spacial score (nSPS) is 10.3. The summed E-state index contributed by atoms with van der Waals surface area (Å²) in [5.41, 5.74) is 7.76. The van der Waals surface area contributed by atoms with E-state index >= 15 is 0 Å². The first-order valence-electron chi connectivity index (χ1n) is 5.92. The van der Waals surface area contributed by atoms with Crippen molar-refractivity contribution < 1.29 is 9.53 Å². The lowest BCUT2D eigenvalue weighted by Gasteiger charge is -2.08. The molecule has 0 saturated heterocycles. The molecule has 0 fully saturated rings. The van der Waals surface area contributed by atoms with Gasteiger partial charge in [0.1, 0.15) is 5.75 Å². The molecule has 2 aromatic rings. The molecule has 0 aliphatic heterocycles. The van der Waals surface area contributed by atoms with Gasteiger partial charge in [0.25, 0.3) is 0 Å². The van der Waals surface area contributed by atoms with E-state index in [0.717, 1.165) is 20.3 Å². The molecule has 2 aromatic carbocycles. The van der Waals surface area contributed by atoms with Gasteiger partial charge < -0.3 is 10.5 Å². The Kier molecular flexibility index (Phi) is 4.83. The van der Waals surface area contributed by atoms with Gasteiger partial charge >= 0.3 is 0 Å². The minimum Gasteiger partial charge on any atom is -0.497 e. The van der Waals surface area contributed by atoms with Crippen LogP contribution in [0.15, 0.2) is 45.3 Å². The first-order valence-corrected chi connectivity index (χ1v) is 7.50. The van der Waals surface area contributed by atoms with Crippen molar-refractivity contribution in [1.29, 1.82) is 0 Å². The highest BCUT2D eigenvalue weighted by atomic mass is 79.9. The monoisotopic (exact) mass is 397 g/mol. The number of halogens is 2. The zero-order valence-corrected chi connectivity index (χ0v) is 14.0. The van der Waals surface area contributed by atoms with Crippen molar-refractivity contribution in [2.45, 2.75) is 6.42 Å². The van der Waals surface area contributed by atoms with E-state index < -0.39 is 0 Å². The number of ketones is 1. The van der Waals surface area contributed by atoms with Crippen LogP contribution < -0.4 is 10.5 Å². The molecule has 20 heavy (non-hydrogen) atoms. The number of carbonyl (C=O) groups excluding carboxylic acids is 1. The lowest BCUT2D eigenvalue weighted by Crippen LogP contribution is -2.06. The SMILES string of the molecule is COc1ccc(Br)c(CC(=O)c2cc(N)ccc2Br)c1. The Balaban J connectivity index is 2.30. The predicted octanol–water partition coefficient (Wildman–Crippen LogP) is 4.23. The molecule has 0 amide bonds. The summed E-state index contributed by atoms with van der Waals surface area (Å²) in [5.74, 6) is 0.723. The summed E-state index contributed by atoms with van der Waals surface area (Å²) in [6.07, 6.45) is 0.278. The Bertz CT molecular complexity index is 656. The number of carbonyl (C=O) groups is 1. The number of nitrogens with two attached hydrogens (primary N) is 1. The van der Waals surface area contributed by atoms with E-state index in [9.17, 15) is 4.79 Å². The number of anilines is 1. The molecule has 0 heterocycles. The highest BCUT2D eigenvalue weighted by Gasteiger charge is 2.13. The van der Waals surface area contributed by atoms with Gasteiger partial charge in [-0.05, 0) is 42.0 Å². The van der Waals surface area contributed by atoms with Gasteiger partial charge in [-0.15, -0.1) is 0 Å². The number of methoxy groups -OCH3 is 1. The van der Waals surface area contributed by atoms with Crippen molar-refractivity contribution in [3.8, 4) is 5.75 Å². The van der Waals surface area contributed by atoms with E-state index in [2.05, 4.69) is 31.9 Å². The molecule has 2 N–H and O–H groups in total. The van der Waals surface area contributed by atoms with Gasteiger partial charge in [-0.2, -0.15) is 0 Å². The van der Waals surface area contributed by atoms with Crippen molar-refractivity contribution in [2.75, 3.05) is 12.8 Å². The van der Waals surface area contributed by atoms with Crippen LogP contribution in [0.25, 0.3) is 0 Å². The van der Waals surface area contributed by atoms with Crippen LogP contribution in [0.2, 0.25) is 0 Å². The fourth-order valence-electron chi connectivity index (χ4n) is 1.84. The smallest absolute Gasteiger partial charge is 0.168 e. The molecule has 0 aliphatic carbocycles. The zero-order chi connectivity index (χ0) is 14.7. The topological polar surface area (TPSA) is 52.3 Å². The lowest BCUT2D eigenvalue weighted by molar-refractivity contribution is 0.0992. The third-order valence-electron chi connectivity index (χ3n) is 2.89. The van der Waals surface area contributed by atoms with Crippen LogP contribution in [0.5, 0.6) is 5.75 Å². The Morgan fingerprint density at radius 3 is 2.55 bits per heavy atom. The molecule has 104 valence electrons. The van der Waals surface area contributed by atoms with Crippen LogP contribution in [0.3, 0.4) is 0 Å². The van der Waals surface area contributed by atoms with Crippen molar-refractivity contribution >= 4 is 43.3 Å². The molecule has 5 heteroatoms. The molecular weight excluding hydrogens is 386 g/mol. The van der Waals surface area contributed by atoms with Gasteiger partial charge in [0.15, 0.2) is 5.78 Å². The average molecular weight is 399 g/mol. The summed E-state index contributed by atoms with van der Waals surface area (Å²) in [5, 5.41) is 0. The Morgan fingerprint density at radius 2 is 1.85 bits per heavy atom. The van der Waals surface area contributed by atoms with Crippen molar-refractivity contribution in [1.82, 2.24) is 0 Å². The third kappa shape index (κ3) is 3.41. The van der Waals surface area contributed by atoms with Crippen LogP contribution in [0.1, 0.15) is 15.9 Å². The fourth-order valence-corrected chi connectivity index (χ4v) is 2.69. The molecule has 0 saturated carbocycles. The standard InChI is InChI=1S/C15H13Br2NO2/c1-20-11-3-5-13(16)9(6-11)7-15(19)12-8-10(18)2-4-14(12)17/h2-6,8H,7,18H2,1H3.